The molecule has 0 unspecified atom stereocenters. The van der Waals surface area contributed by atoms with E-state index >= 15 is 0 Å². The fraction of sp³-hybridized carbons (Fsp3) is 0.647. The molecule has 0 saturated carbocycles. The maximum Gasteiger partial charge on any atom is 0.231 e. The number of rotatable bonds is 6. The van der Waals surface area contributed by atoms with Crippen LogP contribution in [-0.4, -0.2) is 45.0 Å². The van der Waals surface area contributed by atoms with Crippen LogP contribution in [0.5, 0.6) is 17.2 Å². The summed E-state index contributed by atoms with van der Waals surface area (Å²) in [5.41, 5.74) is 1.27. The summed E-state index contributed by atoms with van der Waals surface area (Å²) in [6, 6.07) is 4.67. The SMILES string of the molecule is CCCC[C@@H](c1cc(OC)c2c(c1)OCO2)N1CCNCC1. The van der Waals surface area contributed by atoms with Crippen LogP contribution in [0, 0.1) is 0 Å². The van der Waals surface area contributed by atoms with Gasteiger partial charge >= 0.3 is 0 Å². The maximum absolute atomic E-state index is 5.59. The minimum Gasteiger partial charge on any atom is -0.493 e. The third-order valence-electron chi connectivity index (χ3n) is 4.49. The van der Waals surface area contributed by atoms with Crippen molar-refractivity contribution in [3.63, 3.8) is 0 Å². The van der Waals surface area contributed by atoms with Gasteiger partial charge in [-0.1, -0.05) is 19.8 Å². The normalized spacial score (nSPS) is 19.2. The first-order valence-corrected chi connectivity index (χ1v) is 8.25. The van der Waals surface area contributed by atoms with Crippen molar-refractivity contribution in [3.05, 3.63) is 17.7 Å². The molecule has 22 heavy (non-hydrogen) atoms. The molecule has 1 saturated heterocycles. The number of nitrogens with one attached hydrogen (secondary N) is 1. The fourth-order valence-corrected chi connectivity index (χ4v) is 3.29. The minimum atomic E-state index is 0.280. The standard InChI is InChI=1S/C17H26N2O3/c1-3-4-5-14(19-8-6-18-7-9-19)13-10-15(20-2)17-16(11-13)21-12-22-17/h10-11,14,18H,3-9,12H2,1-2H3/t14-/m0/s1. The number of nitrogens with zero attached hydrogens (tertiary/aromatic N) is 1. The minimum absolute atomic E-state index is 0.280. The fourth-order valence-electron chi connectivity index (χ4n) is 3.29. The molecule has 2 aliphatic rings. The predicted octanol–water partition coefficient (Wildman–Crippen LogP) is 2.56. The van der Waals surface area contributed by atoms with Crippen molar-refractivity contribution in [2.24, 2.45) is 0 Å². The molecule has 0 aromatic heterocycles. The zero-order valence-corrected chi connectivity index (χ0v) is 13.6. The van der Waals surface area contributed by atoms with Gasteiger partial charge in [0.2, 0.25) is 12.5 Å². The van der Waals surface area contributed by atoms with Crippen molar-refractivity contribution in [3.8, 4) is 17.2 Å². The van der Waals surface area contributed by atoms with Crippen LogP contribution in [0.1, 0.15) is 37.8 Å². The van der Waals surface area contributed by atoms with Crippen molar-refractivity contribution in [1.82, 2.24) is 10.2 Å². The van der Waals surface area contributed by atoms with E-state index in [-0.39, 0.29) is 6.79 Å². The van der Waals surface area contributed by atoms with E-state index in [1.54, 1.807) is 7.11 Å². The Morgan fingerprint density at radius 2 is 2.09 bits per heavy atom. The van der Waals surface area contributed by atoms with E-state index in [2.05, 4.69) is 29.3 Å². The molecule has 1 aromatic rings. The molecule has 0 amide bonds. The van der Waals surface area contributed by atoms with Gasteiger partial charge in [-0.25, -0.2) is 0 Å². The average Bonchev–Trinajstić information content (AvgIpc) is 3.04. The Balaban J connectivity index is 1.89. The largest absolute Gasteiger partial charge is 0.493 e. The highest BCUT2D eigenvalue weighted by Crippen LogP contribution is 2.44. The maximum atomic E-state index is 5.59. The summed E-state index contributed by atoms with van der Waals surface area (Å²) in [6.07, 6.45) is 3.61. The number of ether oxygens (including phenoxy) is 3. The topological polar surface area (TPSA) is 43.0 Å². The summed E-state index contributed by atoms with van der Waals surface area (Å²) in [5.74, 6) is 2.33. The Morgan fingerprint density at radius 1 is 1.27 bits per heavy atom. The van der Waals surface area contributed by atoms with Gasteiger partial charge in [0.1, 0.15) is 0 Å². The lowest BCUT2D eigenvalue weighted by Crippen LogP contribution is -2.45. The average molecular weight is 306 g/mol. The second-order valence-corrected chi connectivity index (χ2v) is 5.90. The lowest BCUT2D eigenvalue weighted by molar-refractivity contribution is 0.162. The lowest BCUT2D eigenvalue weighted by atomic mass is 9.98. The van der Waals surface area contributed by atoms with Gasteiger partial charge in [0.15, 0.2) is 11.5 Å². The van der Waals surface area contributed by atoms with Crippen molar-refractivity contribution in [2.45, 2.75) is 32.2 Å². The van der Waals surface area contributed by atoms with Crippen molar-refractivity contribution >= 4 is 0 Å². The van der Waals surface area contributed by atoms with Crippen molar-refractivity contribution in [1.29, 1.82) is 0 Å². The zero-order valence-electron chi connectivity index (χ0n) is 13.6. The third-order valence-corrected chi connectivity index (χ3v) is 4.49. The molecule has 3 rings (SSSR count). The van der Waals surface area contributed by atoms with Crippen LogP contribution in [0.15, 0.2) is 12.1 Å². The zero-order chi connectivity index (χ0) is 15.4. The molecule has 1 N–H and O–H groups in total. The highest BCUT2D eigenvalue weighted by Gasteiger charge is 2.26. The van der Waals surface area contributed by atoms with Crippen LogP contribution in [0.2, 0.25) is 0 Å². The number of unbranched alkanes of at least 4 members (excludes halogenated alkanes) is 1. The van der Waals surface area contributed by atoms with E-state index in [9.17, 15) is 0 Å². The van der Waals surface area contributed by atoms with Gasteiger partial charge in [-0.2, -0.15) is 0 Å². The summed E-state index contributed by atoms with van der Waals surface area (Å²) in [6.45, 7) is 6.82. The van der Waals surface area contributed by atoms with Crippen LogP contribution < -0.4 is 19.5 Å². The summed E-state index contributed by atoms with van der Waals surface area (Å²) >= 11 is 0. The summed E-state index contributed by atoms with van der Waals surface area (Å²) in [7, 11) is 1.69. The Kier molecular flexibility index (Phi) is 5.05. The van der Waals surface area contributed by atoms with Crippen molar-refractivity contribution in [2.75, 3.05) is 40.1 Å². The van der Waals surface area contributed by atoms with Crippen LogP contribution in [0.4, 0.5) is 0 Å². The number of hydrogen-bond donors (Lipinski definition) is 1. The number of piperazine rings is 1. The molecule has 0 bridgehead atoms. The predicted molar refractivity (Wildman–Crippen MR) is 85.8 cm³/mol. The van der Waals surface area contributed by atoms with Crippen molar-refractivity contribution < 1.29 is 14.2 Å². The molecule has 2 aliphatic heterocycles. The molecule has 1 aromatic carbocycles. The quantitative estimate of drug-likeness (QED) is 0.875. The van der Waals surface area contributed by atoms with E-state index in [1.165, 1.54) is 24.8 Å². The molecule has 0 radical (unpaired) electrons. The summed E-state index contributed by atoms with van der Waals surface area (Å²) in [4.78, 5) is 2.57. The first-order chi connectivity index (χ1) is 10.8. The second kappa shape index (κ2) is 7.20. The van der Waals surface area contributed by atoms with E-state index in [1.807, 2.05) is 0 Å². The summed E-state index contributed by atoms with van der Waals surface area (Å²) in [5, 5.41) is 3.43. The van der Waals surface area contributed by atoms with Crippen LogP contribution in [-0.2, 0) is 0 Å². The molecular weight excluding hydrogens is 280 g/mol. The number of hydrogen-bond acceptors (Lipinski definition) is 5. The first kappa shape index (κ1) is 15.4. The first-order valence-electron chi connectivity index (χ1n) is 8.25. The molecule has 1 atom stereocenters. The molecule has 0 spiro atoms. The van der Waals surface area contributed by atoms with Gasteiger partial charge in [0.05, 0.1) is 7.11 Å². The molecule has 122 valence electrons. The highest BCUT2D eigenvalue weighted by molar-refractivity contribution is 5.55. The Hall–Kier alpha value is -1.46. The Bertz CT molecular complexity index is 501. The highest BCUT2D eigenvalue weighted by atomic mass is 16.7. The Labute approximate surface area is 132 Å². The summed E-state index contributed by atoms with van der Waals surface area (Å²) < 4.78 is 16.6. The van der Waals surface area contributed by atoms with E-state index in [4.69, 9.17) is 14.2 Å². The lowest BCUT2D eigenvalue weighted by Gasteiger charge is -2.35. The van der Waals surface area contributed by atoms with Crippen LogP contribution >= 0.6 is 0 Å². The molecular formula is C17H26N2O3. The van der Waals surface area contributed by atoms with Crippen LogP contribution in [0.25, 0.3) is 0 Å². The van der Waals surface area contributed by atoms with Gasteiger partial charge in [-0.15, -0.1) is 0 Å². The second-order valence-electron chi connectivity index (χ2n) is 5.90. The van der Waals surface area contributed by atoms with E-state index in [0.29, 0.717) is 6.04 Å². The monoisotopic (exact) mass is 306 g/mol. The third kappa shape index (κ3) is 3.15. The number of methoxy groups -OCH3 is 1. The molecule has 1 fully saturated rings. The smallest absolute Gasteiger partial charge is 0.231 e. The molecule has 2 heterocycles. The van der Waals surface area contributed by atoms with Crippen LogP contribution in [0.3, 0.4) is 0 Å². The molecule has 5 nitrogen and oxygen atoms in total. The number of benzene rings is 1. The van der Waals surface area contributed by atoms with Gasteiger partial charge < -0.3 is 19.5 Å². The van der Waals surface area contributed by atoms with E-state index in [0.717, 1.165) is 43.4 Å². The van der Waals surface area contributed by atoms with E-state index < -0.39 is 0 Å². The van der Waals surface area contributed by atoms with Gasteiger partial charge in [0, 0.05) is 32.2 Å². The van der Waals surface area contributed by atoms with Gasteiger partial charge in [0.25, 0.3) is 0 Å². The number of fused-ring (bicyclic) bond motifs is 1. The molecule has 5 heteroatoms. The Morgan fingerprint density at radius 3 is 2.82 bits per heavy atom. The van der Waals surface area contributed by atoms with Gasteiger partial charge in [-0.3, -0.25) is 4.90 Å². The molecule has 0 aliphatic carbocycles. The van der Waals surface area contributed by atoms with Gasteiger partial charge in [-0.05, 0) is 24.1 Å².